The van der Waals surface area contributed by atoms with Gasteiger partial charge in [-0.2, -0.15) is 0 Å². The second-order valence-electron chi connectivity index (χ2n) is 4.26. The normalized spacial score (nSPS) is 10.2. The molecule has 0 heterocycles. The Kier molecular flexibility index (Phi) is 4.16. The van der Waals surface area contributed by atoms with Crippen molar-refractivity contribution >= 4 is 27.3 Å². The fourth-order valence-electron chi connectivity index (χ4n) is 1.75. The molecule has 0 aliphatic heterocycles. The number of rotatable bonds is 4. The second kappa shape index (κ2) is 5.84. The largest absolute Gasteiger partial charge is 0.381 e. The summed E-state index contributed by atoms with van der Waals surface area (Å²) in [6, 6.07) is 12.9. The number of aryl methyl sites for hydroxylation is 1. The average Bonchev–Trinajstić information content (AvgIpc) is 2.37. The molecular formula is C14H13BrN2O2. The van der Waals surface area contributed by atoms with E-state index >= 15 is 0 Å². The van der Waals surface area contributed by atoms with Crippen LogP contribution in [0.4, 0.5) is 11.4 Å². The highest BCUT2D eigenvalue weighted by molar-refractivity contribution is 9.10. The molecule has 0 fully saturated rings. The topological polar surface area (TPSA) is 55.2 Å². The molecule has 0 radical (unpaired) electrons. The molecule has 98 valence electrons. The lowest BCUT2D eigenvalue weighted by Crippen LogP contribution is -2.01. The first kappa shape index (κ1) is 13.5. The van der Waals surface area contributed by atoms with Crippen LogP contribution in [0.15, 0.2) is 46.9 Å². The Morgan fingerprint density at radius 1 is 1.26 bits per heavy atom. The van der Waals surface area contributed by atoms with E-state index < -0.39 is 4.92 Å². The van der Waals surface area contributed by atoms with Crippen LogP contribution in [0.3, 0.4) is 0 Å². The Bertz CT molecular complexity index is 614. The van der Waals surface area contributed by atoms with Gasteiger partial charge in [-0.3, -0.25) is 10.1 Å². The first-order valence-corrected chi connectivity index (χ1v) is 6.59. The number of nitrogens with zero attached hydrogens (tertiary/aromatic N) is 1. The Hall–Kier alpha value is -1.88. The van der Waals surface area contributed by atoms with Crippen LogP contribution in [0.25, 0.3) is 0 Å². The predicted molar refractivity (Wildman–Crippen MR) is 79.3 cm³/mol. The number of non-ortho nitro benzene ring substituents is 1. The Balaban J connectivity index is 2.10. The molecule has 2 aromatic carbocycles. The summed E-state index contributed by atoms with van der Waals surface area (Å²) in [6.07, 6.45) is 0. The van der Waals surface area contributed by atoms with E-state index in [9.17, 15) is 10.1 Å². The highest BCUT2D eigenvalue weighted by Crippen LogP contribution is 2.24. The van der Waals surface area contributed by atoms with Gasteiger partial charge >= 0.3 is 0 Å². The Morgan fingerprint density at radius 3 is 2.68 bits per heavy atom. The molecule has 1 N–H and O–H groups in total. The van der Waals surface area contributed by atoms with Crippen LogP contribution in [-0.4, -0.2) is 4.92 Å². The quantitative estimate of drug-likeness (QED) is 0.675. The fraction of sp³-hybridized carbons (Fsp3) is 0.143. The van der Waals surface area contributed by atoms with Crippen molar-refractivity contribution in [3.63, 3.8) is 0 Å². The third-order valence-corrected chi connectivity index (χ3v) is 3.49. The first-order chi connectivity index (χ1) is 9.06. The van der Waals surface area contributed by atoms with Gasteiger partial charge in [-0.05, 0) is 36.2 Å². The van der Waals surface area contributed by atoms with Gasteiger partial charge < -0.3 is 5.32 Å². The number of halogens is 1. The summed E-state index contributed by atoms with van der Waals surface area (Å²) in [5.41, 5.74) is 3.29. The molecule has 0 saturated heterocycles. The van der Waals surface area contributed by atoms with Crippen LogP contribution >= 0.6 is 15.9 Å². The standard InChI is InChI=1S/C14H13BrN2O2/c1-10-3-2-4-12(7-10)16-9-11-5-6-13(17(18)19)8-14(11)15/h2-8,16H,9H2,1H3. The van der Waals surface area contributed by atoms with Gasteiger partial charge in [0.05, 0.1) is 4.92 Å². The molecule has 2 rings (SSSR count). The molecular weight excluding hydrogens is 308 g/mol. The van der Waals surface area contributed by atoms with E-state index in [2.05, 4.69) is 27.3 Å². The van der Waals surface area contributed by atoms with Gasteiger partial charge in [0, 0.05) is 28.8 Å². The van der Waals surface area contributed by atoms with Crippen LogP contribution in [0.2, 0.25) is 0 Å². The van der Waals surface area contributed by atoms with Crippen molar-refractivity contribution in [1.29, 1.82) is 0 Å². The van der Waals surface area contributed by atoms with Crippen molar-refractivity contribution in [2.75, 3.05) is 5.32 Å². The maximum absolute atomic E-state index is 10.7. The third kappa shape index (κ3) is 3.54. The first-order valence-electron chi connectivity index (χ1n) is 5.79. The Morgan fingerprint density at radius 2 is 2.05 bits per heavy atom. The summed E-state index contributed by atoms with van der Waals surface area (Å²) in [7, 11) is 0. The highest BCUT2D eigenvalue weighted by atomic mass is 79.9. The molecule has 2 aromatic rings. The van der Waals surface area contributed by atoms with Crippen LogP contribution < -0.4 is 5.32 Å². The van der Waals surface area contributed by atoms with Gasteiger partial charge in [0.25, 0.3) is 5.69 Å². The van der Waals surface area contributed by atoms with Crippen molar-refractivity contribution in [2.45, 2.75) is 13.5 Å². The SMILES string of the molecule is Cc1cccc(NCc2ccc([N+](=O)[O-])cc2Br)c1. The van der Waals surface area contributed by atoms with Gasteiger partial charge in [0.1, 0.15) is 0 Å². The van der Waals surface area contributed by atoms with Gasteiger partial charge in [-0.1, -0.05) is 28.1 Å². The average molecular weight is 321 g/mol. The minimum Gasteiger partial charge on any atom is -0.381 e. The Labute approximate surface area is 119 Å². The zero-order chi connectivity index (χ0) is 13.8. The van der Waals surface area contributed by atoms with Crippen LogP contribution in [0, 0.1) is 17.0 Å². The number of hydrogen-bond acceptors (Lipinski definition) is 3. The van der Waals surface area contributed by atoms with Gasteiger partial charge in [-0.15, -0.1) is 0 Å². The molecule has 0 aliphatic rings. The van der Waals surface area contributed by atoms with Gasteiger partial charge in [0.2, 0.25) is 0 Å². The zero-order valence-electron chi connectivity index (χ0n) is 10.4. The van der Waals surface area contributed by atoms with E-state index in [1.54, 1.807) is 6.07 Å². The summed E-state index contributed by atoms with van der Waals surface area (Å²) in [4.78, 5) is 10.3. The summed E-state index contributed by atoms with van der Waals surface area (Å²) >= 11 is 3.36. The van der Waals surface area contributed by atoms with Crippen molar-refractivity contribution in [3.05, 3.63) is 68.2 Å². The van der Waals surface area contributed by atoms with Gasteiger partial charge in [-0.25, -0.2) is 0 Å². The molecule has 0 bridgehead atoms. The number of hydrogen-bond donors (Lipinski definition) is 1. The molecule has 0 saturated carbocycles. The van der Waals surface area contributed by atoms with Crippen molar-refractivity contribution in [2.24, 2.45) is 0 Å². The predicted octanol–water partition coefficient (Wildman–Crippen LogP) is 4.28. The van der Waals surface area contributed by atoms with Gasteiger partial charge in [0.15, 0.2) is 0 Å². The molecule has 0 amide bonds. The molecule has 5 heteroatoms. The van der Waals surface area contributed by atoms with E-state index in [4.69, 9.17) is 0 Å². The maximum Gasteiger partial charge on any atom is 0.270 e. The molecule has 0 atom stereocenters. The summed E-state index contributed by atoms with van der Waals surface area (Å²) in [5, 5.41) is 13.9. The van der Waals surface area contributed by atoms with E-state index in [0.29, 0.717) is 6.54 Å². The number of nitrogens with one attached hydrogen (secondary N) is 1. The molecule has 0 aromatic heterocycles. The number of nitro groups is 1. The second-order valence-corrected chi connectivity index (χ2v) is 5.11. The fourth-order valence-corrected chi connectivity index (χ4v) is 2.25. The zero-order valence-corrected chi connectivity index (χ0v) is 12.0. The number of benzene rings is 2. The maximum atomic E-state index is 10.7. The van der Waals surface area contributed by atoms with Crippen LogP contribution in [0.5, 0.6) is 0 Å². The molecule has 0 spiro atoms. The smallest absolute Gasteiger partial charge is 0.270 e. The number of nitro benzene ring substituents is 1. The minimum atomic E-state index is -0.400. The molecule has 4 nitrogen and oxygen atoms in total. The van der Waals surface area contributed by atoms with Crippen molar-refractivity contribution in [3.8, 4) is 0 Å². The van der Waals surface area contributed by atoms with E-state index in [1.807, 2.05) is 25.1 Å². The molecule has 0 unspecified atom stereocenters. The van der Waals surface area contributed by atoms with Crippen LogP contribution in [-0.2, 0) is 6.54 Å². The molecule has 19 heavy (non-hydrogen) atoms. The lowest BCUT2D eigenvalue weighted by Gasteiger charge is -2.08. The van der Waals surface area contributed by atoms with E-state index in [0.717, 1.165) is 15.7 Å². The summed E-state index contributed by atoms with van der Waals surface area (Å²) in [5.74, 6) is 0. The molecule has 0 aliphatic carbocycles. The lowest BCUT2D eigenvalue weighted by atomic mass is 10.2. The van der Waals surface area contributed by atoms with Crippen LogP contribution in [0.1, 0.15) is 11.1 Å². The van der Waals surface area contributed by atoms with E-state index in [-0.39, 0.29) is 5.69 Å². The number of anilines is 1. The van der Waals surface area contributed by atoms with E-state index in [1.165, 1.54) is 17.7 Å². The summed E-state index contributed by atoms with van der Waals surface area (Å²) < 4.78 is 0.738. The third-order valence-electron chi connectivity index (χ3n) is 2.75. The minimum absolute atomic E-state index is 0.0891. The monoisotopic (exact) mass is 320 g/mol. The summed E-state index contributed by atoms with van der Waals surface area (Å²) in [6.45, 7) is 2.65. The lowest BCUT2D eigenvalue weighted by molar-refractivity contribution is -0.384. The highest BCUT2D eigenvalue weighted by Gasteiger charge is 2.08. The van der Waals surface area contributed by atoms with Crippen molar-refractivity contribution < 1.29 is 4.92 Å². The van der Waals surface area contributed by atoms with Crippen molar-refractivity contribution in [1.82, 2.24) is 0 Å².